The normalized spacial score (nSPS) is 15.5. The Morgan fingerprint density at radius 2 is 1.93 bits per heavy atom. The average molecular weight is 384 g/mol. The van der Waals surface area contributed by atoms with Crippen LogP contribution in [0.5, 0.6) is 5.75 Å². The standard InChI is InChI=1S/C20H24N4O4/c1-3-27-20(26)23-8-6-22(7-9-23)18(25)12-24-19-15(11-21-24)13-28-17-5-4-14(2)10-16(17)19/h4-5,10-11H,3,6-9,12-13H2,1-2H3. The highest BCUT2D eigenvalue weighted by Crippen LogP contribution is 2.37. The second kappa shape index (κ2) is 7.53. The second-order valence-electron chi connectivity index (χ2n) is 7.03. The zero-order valence-corrected chi connectivity index (χ0v) is 16.2. The molecule has 8 nitrogen and oxygen atoms in total. The number of ether oxygens (including phenoxy) is 2. The van der Waals surface area contributed by atoms with Gasteiger partial charge in [0, 0.05) is 37.3 Å². The average Bonchev–Trinajstić information content (AvgIpc) is 3.11. The predicted molar refractivity (Wildman–Crippen MR) is 102 cm³/mol. The van der Waals surface area contributed by atoms with Gasteiger partial charge in [-0.15, -0.1) is 0 Å². The third-order valence-electron chi connectivity index (χ3n) is 5.13. The van der Waals surface area contributed by atoms with Crippen LogP contribution in [0.3, 0.4) is 0 Å². The van der Waals surface area contributed by atoms with E-state index < -0.39 is 0 Å². The smallest absolute Gasteiger partial charge is 0.409 e. The molecule has 0 atom stereocenters. The molecule has 28 heavy (non-hydrogen) atoms. The fourth-order valence-corrected chi connectivity index (χ4v) is 3.65. The highest BCUT2D eigenvalue weighted by atomic mass is 16.6. The maximum absolute atomic E-state index is 12.8. The molecule has 4 rings (SSSR count). The topological polar surface area (TPSA) is 76.9 Å². The highest BCUT2D eigenvalue weighted by molar-refractivity contribution is 5.79. The van der Waals surface area contributed by atoms with Gasteiger partial charge in [-0.25, -0.2) is 4.79 Å². The van der Waals surface area contributed by atoms with Crippen molar-refractivity contribution in [1.29, 1.82) is 0 Å². The van der Waals surface area contributed by atoms with Crippen LogP contribution >= 0.6 is 0 Å². The molecular formula is C20H24N4O4. The minimum Gasteiger partial charge on any atom is -0.488 e. The van der Waals surface area contributed by atoms with Gasteiger partial charge in [-0.05, 0) is 26.0 Å². The molecule has 1 aromatic heterocycles. The highest BCUT2D eigenvalue weighted by Gasteiger charge is 2.27. The number of carbonyl (C=O) groups is 2. The quantitative estimate of drug-likeness (QED) is 0.810. The third-order valence-corrected chi connectivity index (χ3v) is 5.13. The number of benzene rings is 1. The van der Waals surface area contributed by atoms with Crippen LogP contribution < -0.4 is 4.74 Å². The van der Waals surface area contributed by atoms with E-state index in [2.05, 4.69) is 11.2 Å². The van der Waals surface area contributed by atoms with Crippen molar-refractivity contribution in [3.05, 3.63) is 35.5 Å². The first-order valence-electron chi connectivity index (χ1n) is 9.54. The van der Waals surface area contributed by atoms with Crippen molar-refractivity contribution >= 4 is 12.0 Å². The molecule has 2 amide bonds. The van der Waals surface area contributed by atoms with E-state index >= 15 is 0 Å². The van der Waals surface area contributed by atoms with Crippen molar-refractivity contribution in [2.45, 2.75) is 27.0 Å². The summed E-state index contributed by atoms with van der Waals surface area (Å²) in [7, 11) is 0. The Morgan fingerprint density at radius 1 is 1.18 bits per heavy atom. The number of fused-ring (bicyclic) bond motifs is 3. The van der Waals surface area contributed by atoms with Gasteiger partial charge in [0.15, 0.2) is 0 Å². The molecule has 148 valence electrons. The summed E-state index contributed by atoms with van der Waals surface area (Å²) in [6.07, 6.45) is 1.45. The monoisotopic (exact) mass is 384 g/mol. The number of carbonyl (C=O) groups excluding carboxylic acids is 2. The molecule has 2 aliphatic heterocycles. The molecule has 2 aliphatic rings. The Morgan fingerprint density at radius 3 is 2.68 bits per heavy atom. The first-order valence-corrected chi connectivity index (χ1v) is 9.54. The lowest BCUT2D eigenvalue weighted by molar-refractivity contribution is -0.133. The lowest BCUT2D eigenvalue weighted by atomic mass is 10.0. The third kappa shape index (κ3) is 3.42. The Balaban J connectivity index is 1.46. The first-order chi connectivity index (χ1) is 13.6. The van der Waals surface area contributed by atoms with Gasteiger partial charge in [0.25, 0.3) is 0 Å². The number of piperazine rings is 1. The van der Waals surface area contributed by atoms with E-state index in [-0.39, 0.29) is 18.5 Å². The Labute approximate surface area is 163 Å². The Kier molecular flexibility index (Phi) is 4.93. The molecule has 3 heterocycles. The molecule has 0 saturated carbocycles. The van der Waals surface area contributed by atoms with Crippen LogP contribution in [-0.2, 0) is 22.7 Å². The van der Waals surface area contributed by atoms with Gasteiger partial charge in [0.2, 0.25) is 5.91 Å². The van der Waals surface area contributed by atoms with Gasteiger partial charge in [-0.3, -0.25) is 9.48 Å². The van der Waals surface area contributed by atoms with E-state index in [0.717, 1.165) is 28.1 Å². The van der Waals surface area contributed by atoms with E-state index in [0.29, 0.717) is 39.4 Å². The Bertz CT molecular complexity index is 900. The zero-order valence-electron chi connectivity index (χ0n) is 16.2. The number of rotatable bonds is 3. The van der Waals surface area contributed by atoms with Crippen molar-refractivity contribution in [1.82, 2.24) is 19.6 Å². The summed E-state index contributed by atoms with van der Waals surface area (Å²) in [6.45, 7) is 6.76. The Hall–Kier alpha value is -3.03. The molecule has 8 heteroatoms. The largest absolute Gasteiger partial charge is 0.488 e. The van der Waals surface area contributed by atoms with Gasteiger partial charge >= 0.3 is 6.09 Å². The van der Waals surface area contributed by atoms with E-state index in [1.165, 1.54) is 0 Å². The van der Waals surface area contributed by atoms with Crippen molar-refractivity contribution in [2.75, 3.05) is 32.8 Å². The van der Waals surface area contributed by atoms with Crippen LogP contribution in [0.2, 0.25) is 0 Å². The summed E-state index contributed by atoms with van der Waals surface area (Å²) >= 11 is 0. The number of hydrogen-bond donors (Lipinski definition) is 0. The number of aryl methyl sites for hydroxylation is 1. The molecule has 1 saturated heterocycles. The summed E-state index contributed by atoms with van der Waals surface area (Å²) in [4.78, 5) is 28.1. The van der Waals surface area contributed by atoms with Crippen molar-refractivity contribution in [3.8, 4) is 17.0 Å². The summed E-state index contributed by atoms with van der Waals surface area (Å²) in [5.74, 6) is 0.811. The summed E-state index contributed by atoms with van der Waals surface area (Å²) in [5, 5.41) is 4.43. The van der Waals surface area contributed by atoms with Crippen molar-refractivity contribution in [3.63, 3.8) is 0 Å². The fraction of sp³-hybridized carbons (Fsp3) is 0.450. The van der Waals surface area contributed by atoms with Crippen LogP contribution in [0.25, 0.3) is 11.3 Å². The zero-order chi connectivity index (χ0) is 19.7. The molecule has 1 fully saturated rings. The molecule has 0 aliphatic carbocycles. The fourth-order valence-electron chi connectivity index (χ4n) is 3.65. The SMILES string of the molecule is CCOC(=O)N1CCN(C(=O)Cn2ncc3c2-c2cc(C)ccc2OC3)CC1. The van der Waals surface area contributed by atoms with Gasteiger partial charge in [-0.2, -0.15) is 5.10 Å². The maximum Gasteiger partial charge on any atom is 0.409 e. The minimum absolute atomic E-state index is 0.00453. The van der Waals surface area contributed by atoms with Crippen LogP contribution in [-0.4, -0.2) is 64.4 Å². The molecule has 0 unspecified atom stereocenters. The number of hydrogen-bond acceptors (Lipinski definition) is 5. The minimum atomic E-state index is -0.317. The van der Waals surface area contributed by atoms with E-state index in [9.17, 15) is 9.59 Å². The summed E-state index contributed by atoms with van der Waals surface area (Å²) in [5.41, 5.74) is 4.03. The first kappa shape index (κ1) is 18.3. The molecule has 0 radical (unpaired) electrons. The molecular weight excluding hydrogens is 360 g/mol. The van der Waals surface area contributed by atoms with E-state index in [4.69, 9.17) is 9.47 Å². The molecule has 0 bridgehead atoms. The van der Waals surface area contributed by atoms with E-state index in [1.807, 2.05) is 19.1 Å². The maximum atomic E-state index is 12.8. The summed E-state index contributed by atoms with van der Waals surface area (Å²) in [6, 6.07) is 6.04. The van der Waals surface area contributed by atoms with Crippen molar-refractivity contribution < 1.29 is 19.1 Å². The molecule has 0 spiro atoms. The van der Waals surface area contributed by atoms with Crippen LogP contribution in [0.4, 0.5) is 4.79 Å². The second-order valence-corrected chi connectivity index (χ2v) is 7.03. The van der Waals surface area contributed by atoms with Gasteiger partial charge < -0.3 is 19.3 Å². The summed E-state index contributed by atoms with van der Waals surface area (Å²) < 4.78 is 12.6. The lowest BCUT2D eigenvalue weighted by Gasteiger charge is -2.34. The molecule has 0 N–H and O–H groups in total. The van der Waals surface area contributed by atoms with Crippen LogP contribution in [0.15, 0.2) is 24.4 Å². The predicted octanol–water partition coefficient (Wildman–Crippen LogP) is 2.05. The number of amides is 2. The lowest BCUT2D eigenvalue weighted by Crippen LogP contribution is -2.51. The van der Waals surface area contributed by atoms with Gasteiger partial charge in [-0.1, -0.05) is 11.6 Å². The van der Waals surface area contributed by atoms with E-state index in [1.54, 1.807) is 27.6 Å². The molecule has 1 aromatic carbocycles. The van der Waals surface area contributed by atoms with Crippen LogP contribution in [0.1, 0.15) is 18.1 Å². The van der Waals surface area contributed by atoms with Gasteiger partial charge in [0.1, 0.15) is 18.9 Å². The number of nitrogens with zero attached hydrogens (tertiary/aromatic N) is 4. The molecule has 2 aromatic rings. The van der Waals surface area contributed by atoms with Crippen molar-refractivity contribution in [2.24, 2.45) is 0 Å². The number of aromatic nitrogens is 2. The van der Waals surface area contributed by atoms with Gasteiger partial charge in [0.05, 0.1) is 18.5 Å². The van der Waals surface area contributed by atoms with Crippen LogP contribution in [0, 0.1) is 6.92 Å².